The summed E-state index contributed by atoms with van der Waals surface area (Å²) in [4.78, 5) is 19.4. The third kappa shape index (κ3) is 1.90. The van der Waals surface area contributed by atoms with Gasteiger partial charge in [-0.2, -0.15) is 0 Å². The van der Waals surface area contributed by atoms with Crippen LogP contribution >= 0.6 is 11.6 Å². The molecule has 2 aromatic rings. The molecule has 2 aromatic heterocycles. The zero-order valence-corrected chi connectivity index (χ0v) is 11.2. The molecular formula is C11H13ClFN5O. The predicted octanol–water partition coefficient (Wildman–Crippen LogP) is 1.47. The molecular weight excluding hydrogens is 273 g/mol. The average Bonchev–Trinajstić information content (AvgIpc) is 2.63. The van der Waals surface area contributed by atoms with Crippen LogP contribution in [-0.4, -0.2) is 27.1 Å². The lowest BCUT2D eigenvalue weighted by Gasteiger charge is -2.24. The van der Waals surface area contributed by atoms with Crippen molar-refractivity contribution in [3.8, 4) is 0 Å². The molecule has 0 unspecified atom stereocenters. The van der Waals surface area contributed by atoms with Gasteiger partial charge in [0, 0.05) is 0 Å². The van der Waals surface area contributed by atoms with Gasteiger partial charge in [0.15, 0.2) is 0 Å². The molecule has 0 aliphatic heterocycles. The van der Waals surface area contributed by atoms with Crippen molar-refractivity contribution in [3.63, 3.8) is 0 Å². The summed E-state index contributed by atoms with van der Waals surface area (Å²) >= 11 is 6.15. The fraction of sp³-hybridized carbons (Fsp3) is 0.364. The van der Waals surface area contributed by atoms with Crippen molar-refractivity contribution >= 4 is 34.4 Å². The number of nitrogens with two attached hydrogens (primary N) is 2. The number of amides is 1. The van der Waals surface area contributed by atoms with E-state index in [1.807, 2.05) is 0 Å². The van der Waals surface area contributed by atoms with E-state index in [0.717, 1.165) is 0 Å². The smallest absolute Gasteiger partial charge is 0.252 e. The van der Waals surface area contributed by atoms with E-state index in [-0.39, 0.29) is 27.6 Å². The van der Waals surface area contributed by atoms with Gasteiger partial charge in [-0.15, -0.1) is 0 Å². The third-order valence-electron chi connectivity index (χ3n) is 2.90. The van der Waals surface area contributed by atoms with Crippen LogP contribution in [0.15, 0.2) is 6.33 Å². The molecule has 0 fully saturated rings. The van der Waals surface area contributed by atoms with Gasteiger partial charge in [-0.1, -0.05) is 11.6 Å². The molecule has 0 saturated heterocycles. The molecule has 0 bridgehead atoms. The van der Waals surface area contributed by atoms with Gasteiger partial charge >= 0.3 is 0 Å². The Kier molecular flexibility index (Phi) is 3.09. The number of carbonyl (C=O) groups is 1. The molecule has 8 heteroatoms. The molecule has 1 amide bonds. The SMILES string of the molecule is CC(C)(CF)n1c(Cl)c(C(N)=O)c2c(N)ncnc21. The number of anilines is 1. The molecule has 2 rings (SSSR count). The van der Waals surface area contributed by atoms with Gasteiger partial charge in [-0.3, -0.25) is 4.79 Å². The van der Waals surface area contributed by atoms with Crippen molar-refractivity contribution in [1.82, 2.24) is 14.5 Å². The molecule has 0 atom stereocenters. The number of alkyl halides is 1. The van der Waals surface area contributed by atoms with Crippen LogP contribution in [0.3, 0.4) is 0 Å². The summed E-state index contributed by atoms with van der Waals surface area (Å²) in [6.45, 7) is 2.56. The average molecular weight is 286 g/mol. The van der Waals surface area contributed by atoms with Crippen molar-refractivity contribution in [2.45, 2.75) is 19.4 Å². The molecule has 102 valence electrons. The Morgan fingerprint density at radius 2 is 2.16 bits per heavy atom. The van der Waals surface area contributed by atoms with Crippen LogP contribution in [0.5, 0.6) is 0 Å². The van der Waals surface area contributed by atoms with Gasteiger partial charge in [0.1, 0.15) is 29.6 Å². The van der Waals surface area contributed by atoms with Gasteiger partial charge in [0.2, 0.25) is 0 Å². The second kappa shape index (κ2) is 4.34. The van der Waals surface area contributed by atoms with Crippen LogP contribution in [0.4, 0.5) is 10.2 Å². The number of fused-ring (bicyclic) bond motifs is 1. The molecule has 0 radical (unpaired) electrons. The second-order valence-electron chi connectivity index (χ2n) is 4.77. The Hall–Kier alpha value is -1.89. The Labute approximate surface area is 113 Å². The van der Waals surface area contributed by atoms with Crippen molar-refractivity contribution in [2.75, 3.05) is 12.4 Å². The highest BCUT2D eigenvalue weighted by molar-refractivity contribution is 6.35. The lowest BCUT2D eigenvalue weighted by Crippen LogP contribution is -2.29. The Bertz CT molecular complexity index is 667. The van der Waals surface area contributed by atoms with Gasteiger partial charge in [-0.25, -0.2) is 14.4 Å². The highest BCUT2D eigenvalue weighted by Crippen LogP contribution is 2.36. The number of rotatable bonds is 3. The molecule has 4 N–H and O–H groups in total. The topological polar surface area (TPSA) is 99.8 Å². The Morgan fingerprint density at radius 3 is 2.68 bits per heavy atom. The Morgan fingerprint density at radius 1 is 1.53 bits per heavy atom. The first-order valence-corrected chi connectivity index (χ1v) is 5.85. The maximum absolute atomic E-state index is 13.2. The van der Waals surface area contributed by atoms with Gasteiger partial charge in [-0.05, 0) is 13.8 Å². The fourth-order valence-corrected chi connectivity index (χ4v) is 2.44. The minimum absolute atomic E-state index is 0.0105. The summed E-state index contributed by atoms with van der Waals surface area (Å²) in [6.07, 6.45) is 1.23. The fourth-order valence-electron chi connectivity index (χ4n) is 1.94. The van der Waals surface area contributed by atoms with Gasteiger partial charge < -0.3 is 16.0 Å². The first-order chi connectivity index (χ1) is 8.81. The second-order valence-corrected chi connectivity index (χ2v) is 5.13. The lowest BCUT2D eigenvalue weighted by molar-refractivity contribution is 0.100. The number of nitrogen functional groups attached to an aromatic ring is 1. The molecule has 0 aliphatic carbocycles. The summed E-state index contributed by atoms with van der Waals surface area (Å²) in [5.74, 6) is -0.681. The molecule has 0 spiro atoms. The molecule has 0 aromatic carbocycles. The zero-order chi connectivity index (χ0) is 14.4. The highest BCUT2D eigenvalue weighted by atomic mass is 35.5. The predicted molar refractivity (Wildman–Crippen MR) is 70.8 cm³/mol. The van der Waals surface area contributed by atoms with Crippen LogP contribution in [-0.2, 0) is 5.54 Å². The number of aromatic nitrogens is 3. The quantitative estimate of drug-likeness (QED) is 0.892. The van der Waals surface area contributed by atoms with E-state index >= 15 is 0 Å². The molecule has 19 heavy (non-hydrogen) atoms. The summed E-state index contributed by atoms with van der Waals surface area (Å²) in [6, 6.07) is 0. The van der Waals surface area contributed by atoms with Crippen molar-refractivity contribution < 1.29 is 9.18 Å². The van der Waals surface area contributed by atoms with Crippen LogP contribution < -0.4 is 11.5 Å². The lowest BCUT2D eigenvalue weighted by atomic mass is 10.1. The molecule has 6 nitrogen and oxygen atoms in total. The van der Waals surface area contributed by atoms with Crippen LogP contribution in [0.1, 0.15) is 24.2 Å². The van der Waals surface area contributed by atoms with Crippen LogP contribution in [0.2, 0.25) is 5.15 Å². The normalized spacial score (nSPS) is 12.0. The third-order valence-corrected chi connectivity index (χ3v) is 3.26. The molecule has 0 saturated carbocycles. The summed E-state index contributed by atoms with van der Waals surface area (Å²) in [5, 5.41) is 0.263. The molecule has 2 heterocycles. The number of carbonyl (C=O) groups excluding carboxylic acids is 1. The zero-order valence-electron chi connectivity index (χ0n) is 10.4. The minimum Gasteiger partial charge on any atom is -0.383 e. The van der Waals surface area contributed by atoms with E-state index in [1.54, 1.807) is 13.8 Å². The van der Waals surface area contributed by atoms with E-state index < -0.39 is 18.1 Å². The number of primary amides is 1. The van der Waals surface area contributed by atoms with Crippen molar-refractivity contribution in [1.29, 1.82) is 0 Å². The van der Waals surface area contributed by atoms with E-state index in [2.05, 4.69) is 9.97 Å². The Balaban J connectivity index is 2.98. The van der Waals surface area contributed by atoms with Crippen molar-refractivity contribution in [2.24, 2.45) is 5.73 Å². The first-order valence-electron chi connectivity index (χ1n) is 5.48. The monoisotopic (exact) mass is 285 g/mol. The van der Waals surface area contributed by atoms with Crippen molar-refractivity contribution in [3.05, 3.63) is 17.0 Å². The number of hydrogen-bond acceptors (Lipinski definition) is 4. The number of halogens is 2. The van der Waals surface area contributed by atoms with E-state index in [1.165, 1.54) is 10.9 Å². The maximum Gasteiger partial charge on any atom is 0.252 e. The number of hydrogen-bond donors (Lipinski definition) is 2. The number of nitrogens with zero attached hydrogens (tertiary/aromatic N) is 3. The van der Waals surface area contributed by atoms with Crippen LogP contribution in [0.25, 0.3) is 11.0 Å². The summed E-state index contributed by atoms with van der Waals surface area (Å²) in [7, 11) is 0. The summed E-state index contributed by atoms with van der Waals surface area (Å²) in [5.41, 5.74) is 10.4. The van der Waals surface area contributed by atoms with E-state index in [0.29, 0.717) is 0 Å². The van der Waals surface area contributed by atoms with E-state index in [4.69, 9.17) is 23.1 Å². The van der Waals surface area contributed by atoms with Gasteiger partial charge in [0.25, 0.3) is 5.91 Å². The van der Waals surface area contributed by atoms with E-state index in [9.17, 15) is 9.18 Å². The van der Waals surface area contributed by atoms with Crippen LogP contribution in [0, 0.1) is 0 Å². The standard InChI is InChI=1S/C11H13ClFN5O/c1-11(2,3-13)18-7(12)5(9(15)19)6-8(14)16-4-17-10(6)18/h4H,3H2,1-2H3,(H2,15,19)(H2,14,16,17). The maximum atomic E-state index is 13.2. The summed E-state index contributed by atoms with van der Waals surface area (Å²) < 4.78 is 14.6. The molecule has 0 aliphatic rings. The van der Waals surface area contributed by atoms with Gasteiger partial charge in [0.05, 0.1) is 16.5 Å². The largest absolute Gasteiger partial charge is 0.383 e. The highest BCUT2D eigenvalue weighted by Gasteiger charge is 2.31. The first kappa shape index (κ1) is 13.5. The minimum atomic E-state index is -0.982.